The topological polar surface area (TPSA) is 43.4 Å². The van der Waals surface area contributed by atoms with Gasteiger partial charge in [-0.15, -0.1) is 0 Å². The minimum absolute atomic E-state index is 0.238. The van der Waals surface area contributed by atoms with E-state index < -0.39 is 33.6 Å². The van der Waals surface area contributed by atoms with Crippen LogP contribution >= 0.6 is 0 Å². The van der Waals surface area contributed by atoms with Crippen molar-refractivity contribution >= 4 is 10.1 Å². The fourth-order valence-electron chi connectivity index (χ4n) is 6.86. The molecule has 6 rings (SSSR count). The van der Waals surface area contributed by atoms with E-state index in [-0.39, 0.29) is 11.5 Å². The molecular weight excluding hydrogens is 735 g/mol. The van der Waals surface area contributed by atoms with Gasteiger partial charge < -0.3 is 0 Å². The largest absolute Gasteiger partial charge is 0.416 e. The van der Waals surface area contributed by atoms with Crippen LogP contribution in [0.15, 0.2) is 120 Å². The summed E-state index contributed by atoms with van der Waals surface area (Å²) in [7, 11) is -3.57. The lowest BCUT2D eigenvalue weighted by Gasteiger charge is -2.17. The molecule has 0 saturated carbocycles. The molecule has 0 unspecified atom stereocenters. The molecule has 0 aromatic heterocycles. The van der Waals surface area contributed by atoms with E-state index >= 15 is 0 Å². The molecule has 10 heteroatoms. The Morgan fingerprint density at radius 3 is 1.58 bits per heavy atom. The minimum atomic E-state index is -4.45. The number of alkyl halides is 6. The summed E-state index contributed by atoms with van der Waals surface area (Å²) in [6.07, 6.45) is 3.95. The predicted molar refractivity (Wildman–Crippen MR) is 207 cm³/mol. The van der Waals surface area contributed by atoms with Gasteiger partial charge in [-0.3, -0.25) is 4.18 Å². The van der Waals surface area contributed by atoms with E-state index in [0.717, 1.165) is 64.9 Å². The van der Waals surface area contributed by atoms with Gasteiger partial charge in [-0.1, -0.05) is 144 Å². The molecule has 0 radical (unpaired) electrons. The molecule has 0 N–H and O–H groups in total. The van der Waals surface area contributed by atoms with Crippen LogP contribution in [-0.2, 0) is 33.1 Å². The average molecular weight is 781 g/mol. The molecule has 1 aliphatic rings. The summed E-state index contributed by atoms with van der Waals surface area (Å²) in [5, 5.41) is 0. The predicted octanol–water partition coefficient (Wildman–Crippen LogP) is 13.9. The third-order valence-corrected chi connectivity index (χ3v) is 11.1. The van der Waals surface area contributed by atoms with Crippen molar-refractivity contribution < 1.29 is 38.9 Å². The van der Waals surface area contributed by atoms with E-state index in [2.05, 4.69) is 6.92 Å². The maximum atomic E-state index is 13.1. The van der Waals surface area contributed by atoms with Gasteiger partial charge in [0.15, 0.2) is 0 Å². The van der Waals surface area contributed by atoms with Crippen LogP contribution in [0.25, 0.3) is 33.4 Å². The Morgan fingerprint density at radius 2 is 1.02 bits per heavy atom. The summed E-state index contributed by atoms with van der Waals surface area (Å²) in [5.41, 5.74) is 5.15. The van der Waals surface area contributed by atoms with E-state index in [1.807, 2.05) is 36.4 Å². The molecule has 0 atom stereocenters. The molecule has 55 heavy (non-hydrogen) atoms. The summed E-state index contributed by atoms with van der Waals surface area (Å²) in [4.78, 5) is 0.238. The van der Waals surface area contributed by atoms with Crippen LogP contribution in [0.2, 0.25) is 0 Å². The van der Waals surface area contributed by atoms with Crippen LogP contribution < -0.4 is 0 Å². The highest BCUT2D eigenvalue weighted by molar-refractivity contribution is 7.86. The SMILES string of the molecule is CCCCCCCCCCCCOS(=O)(=O)c1ccccc1.FC(F)(F)c1ccc(-c2ccc3c(c2-c2ccc(C(F)(F)F)cc2)Cc2ccccc2-3)cc1. The van der Waals surface area contributed by atoms with Crippen LogP contribution in [0, 0.1) is 0 Å². The Balaban J connectivity index is 0.000000231. The fraction of sp³-hybridized carbons (Fsp3) is 0.333. The zero-order chi connectivity index (χ0) is 39.5. The van der Waals surface area contributed by atoms with Crippen LogP contribution in [0.1, 0.15) is 93.4 Å². The lowest BCUT2D eigenvalue weighted by molar-refractivity contribution is -0.138. The normalized spacial score (nSPS) is 12.5. The monoisotopic (exact) mass is 780 g/mol. The van der Waals surface area contributed by atoms with Gasteiger partial charge in [0, 0.05) is 0 Å². The third-order valence-electron chi connectivity index (χ3n) is 9.78. The van der Waals surface area contributed by atoms with E-state index in [0.29, 0.717) is 23.1 Å². The molecule has 0 bridgehead atoms. The molecule has 3 nitrogen and oxygen atoms in total. The molecule has 0 fully saturated rings. The number of fused-ring (bicyclic) bond motifs is 3. The second-order valence-electron chi connectivity index (χ2n) is 13.8. The van der Waals surface area contributed by atoms with Gasteiger partial charge in [0.25, 0.3) is 10.1 Å². The summed E-state index contributed by atoms with van der Waals surface area (Å²) in [6, 6.07) is 29.7. The second kappa shape index (κ2) is 19.0. The first kappa shape index (κ1) is 41.7. The van der Waals surface area contributed by atoms with Crippen LogP contribution in [0.4, 0.5) is 26.3 Å². The van der Waals surface area contributed by atoms with E-state index in [1.165, 1.54) is 75.6 Å². The molecule has 0 heterocycles. The van der Waals surface area contributed by atoms with E-state index in [9.17, 15) is 34.8 Å². The van der Waals surface area contributed by atoms with Crippen molar-refractivity contribution in [2.45, 2.75) is 94.8 Å². The van der Waals surface area contributed by atoms with Crippen molar-refractivity contribution in [1.29, 1.82) is 0 Å². The number of hydrogen-bond acceptors (Lipinski definition) is 3. The second-order valence-corrected chi connectivity index (χ2v) is 15.4. The fourth-order valence-corrected chi connectivity index (χ4v) is 7.82. The van der Waals surface area contributed by atoms with Gasteiger partial charge in [-0.25, -0.2) is 0 Å². The number of hydrogen-bond donors (Lipinski definition) is 0. The highest BCUT2D eigenvalue weighted by atomic mass is 32.2. The van der Waals surface area contributed by atoms with Gasteiger partial charge >= 0.3 is 12.4 Å². The van der Waals surface area contributed by atoms with Crippen molar-refractivity contribution in [3.05, 3.63) is 138 Å². The molecule has 1 aliphatic carbocycles. The molecule has 5 aromatic rings. The smallest absolute Gasteiger partial charge is 0.266 e. The Morgan fingerprint density at radius 1 is 0.527 bits per heavy atom. The van der Waals surface area contributed by atoms with Crippen molar-refractivity contribution in [2.75, 3.05) is 6.61 Å². The molecule has 292 valence electrons. The third kappa shape index (κ3) is 11.3. The van der Waals surface area contributed by atoms with Gasteiger partial charge in [-0.05, 0) is 93.7 Å². The first-order chi connectivity index (χ1) is 26.3. The Hall–Kier alpha value is -4.41. The van der Waals surface area contributed by atoms with Gasteiger partial charge in [0.2, 0.25) is 0 Å². The Kier molecular flexibility index (Phi) is 14.4. The van der Waals surface area contributed by atoms with Crippen LogP contribution in [-0.4, -0.2) is 15.0 Å². The number of benzene rings is 5. The molecule has 5 aromatic carbocycles. The molecule has 0 amide bonds. The molecular formula is C45H46F6O3S. The van der Waals surface area contributed by atoms with E-state index in [4.69, 9.17) is 4.18 Å². The number of unbranched alkanes of at least 4 members (excludes halogenated alkanes) is 9. The maximum absolute atomic E-state index is 13.1. The number of rotatable bonds is 15. The van der Waals surface area contributed by atoms with Gasteiger partial charge in [0.05, 0.1) is 22.6 Å². The molecule has 0 aliphatic heterocycles. The minimum Gasteiger partial charge on any atom is -0.266 e. The highest BCUT2D eigenvalue weighted by Crippen LogP contribution is 2.46. The van der Waals surface area contributed by atoms with E-state index in [1.54, 1.807) is 30.3 Å². The first-order valence-corrected chi connectivity index (χ1v) is 20.2. The lowest BCUT2D eigenvalue weighted by atomic mass is 9.87. The van der Waals surface area contributed by atoms with Crippen LogP contribution in [0.3, 0.4) is 0 Å². The summed E-state index contributed by atoms with van der Waals surface area (Å²) in [5.74, 6) is 0. The highest BCUT2D eigenvalue weighted by Gasteiger charge is 2.32. The standard InChI is InChI=1S/C27H16F6.C18H30O3S/c28-26(29,30)19-9-5-16(6-10-19)22-13-14-23-21-4-2-1-3-18(21)15-24(23)25(22)17-7-11-20(12-8-17)27(31,32)33;1-2-3-4-5-6-7-8-9-10-14-17-21-22(19,20)18-15-12-11-13-16-18/h1-14H,15H2;11-13,15-16H,2-10,14,17H2,1H3. The summed E-state index contributed by atoms with van der Waals surface area (Å²) in [6.45, 7) is 2.52. The van der Waals surface area contributed by atoms with Crippen molar-refractivity contribution in [2.24, 2.45) is 0 Å². The van der Waals surface area contributed by atoms with Crippen LogP contribution in [0.5, 0.6) is 0 Å². The van der Waals surface area contributed by atoms with Crippen molar-refractivity contribution in [3.8, 4) is 33.4 Å². The zero-order valence-electron chi connectivity index (χ0n) is 30.9. The summed E-state index contributed by atoms with van der Waals surface area (Å²) < 4.78 is 107. The zero-order valence-corrected chi connectivity index (χ0v) is 31.7. The average Bonchev–Trinajstić information content (AvgIpc) is 3.55. The Labute approximate surface area is 320 Å². The number of halogens is 6. The summed E-state index contributed by atoms with van der Waals surface area (Å²) >= 11 is 0. The molecule has 0 saturated heterocycles. The first-order valence-electron chi connectivity index (χ1n) is 18.8. The lowest BCUT2D eigenvalue weighted by Crippen LogP contribution is -2.07. The Bertz CT molecular complexity index is 2070. The van der Waals surface area contributed by atoms with Gasteiger partial charge in [0.1, 0.15) is 0 Å². The van der Waals surface area contributed by atoms with Crippen molar-refractivity contribution in [3.63, 3.8) is 0 Å². The van der Waals surface area contributed by atoms with Crippen molar-refractivity contribution in [1.82, 2.24) is 0 Å². The maximum Gasteiger partial charge on any atom is 0.416 e. The quantitative estimate of drug-likeness (QED) is 0.0592. The molecule has 0 spiro atoms. The van der Waals surface area contributed by atoms with Gasteiger partial charge in [-0.2, -0.15) is 34.8 Å².